The van der Waals surface area contributed by atoms with E-state index in [1.54, 1.807) is 11.9 Å². The van der Waals surface area contributed by atoms with Crippen LogP contribution in [0, 0.1) is 0 Å². The molecule has 0 aliphatic carbocycles. The standard InChI is InChI=1S/C33H33ClN8O6S/c1-38-27(46)33(34)36-14-13-35-30(38,24(43)40(33)3)15-18-16-41(22-12-8-5-9-19(18)22)29-17-31-25(44)39(2)32(49-31,28(47)48-4)26(45)42(31)23(29)37-21-11-7-6-10-20(21)29/h5-12,16,23,35-37H,13-15,17H2,1-4H3. The Bertz CT molecular complexity index is 2080. The zero-order valence-electron chi connectivity index (χ0n) is 27.1. The summed E-state index contributed by atoms with van der Waals surface area (Å²) in [4.78, 5) is 72.2. The van der Waals surface area contributed by atoms with Gasteiger partial charge in [0.05, 0.1) is 7.11 Å². The Kier molecular flexibility index (Phi) is 5.94. The molecule has 4 bridgehead atoms. The summed E-state index contributed by atoms with van der Waals surface area (Å²) in [5, 5.41) is 9.06. The van der Waals surface area contributed by atoms with Crippen LogP contribution in [0.4, 0.5) is 5.69 Å². The van der Waals surface area contributed by atoms with Gasteiger partial charge in [-0.25, -0.2) is 4.79 Å². The first kappa shape index (κ1) is 30.7. The molecular formula is C33H33ClN8O6S. The van der Waals surface area contributed by atoms with Gasteiger partial charge in [0.1, 0.15) is 11.7 Å². The first-order chi connectivity index (χ1) is 23.3. The number of hydrogen-bond donors (Lipinski definition) is 3. The predicted octanol–water partition coefficient (Wildman–Crippen LogP) is 0.408. The van der Waals surface area contributed by atoms with Crippen molar-refractivity contribution >= 4 is 69.6 Å². The van der Waals surface area contributed by atoms with Crippen LogP contribution in [0.25, 0.3) is 10.9 Å². The minimum Gasteiger partial charge on any atom is -0.466 e. The van der Waals surface area contributed by atoms with Crippen LogP contribution in [-0.2, 0) is 40.7 Å². The largest absolute Gasteiger partial charge is 0.466 e. The molecular weight excluding hydrogens is 672 g/mol. The van der Waals surface area contributed by atoms with Crippen molar-refractivity contribution in [2.75, 3.05) is 46.7 Å². The quantitative estimate of drug-likeness (QED) is 0.151. The Hall–Kier alpha value is -4.31. The number of nitrogens with one attached hydrogen (secondary N) is 3. The molecule has 8 heterocycles. The normalized spacial score (nSPS) is 35.9. The van der Waals surface area contributed by atoms with E-state index in [0.717, 1.165) is 39.5 Å². The number of fused-ring (bicyclic) bond motifs is 11. The summed E-state index contributed by atoms with van der Waals surface area (Å²) >= 11 is 7.78. The van der Waals surface area contributed by atoms with Crippen molar-refractivity contribution in [2.45, 2.75) is 45.1 Å². The maximum atomic E-state index is 14.5. The van der Waals surface area contributed by atoms with Crippen molar-refractivity contribution in [3.63, 3.8) is 0 Å². The SMILES string of the molecule is COC(=O)C12SC3(CC4(n5cc(CC67NCCNC(Cl)(C(=O)N6C)N(C)C7=O)c6ccccc65)c5ccccc5NC4N3C1=O)C(=O)N2C. The molecule has 6 fully saturated rings. The van der Waals surface area contributed by atoms with Crippen molar-refractivity contribution in [3.05, 3.63) is 65.9 Å². The number of rotatable bonds is 4. The smallest absolute Gasteiger partial charge is 0.352 e. The van der Waals surface area contributed by atoms with E-state index in [0.29, 0.717) is 13.1 Å². The van der Waals surface area contributed by atoms with Crippen LogP contribution in [0.3, 0.4) is 0 Å². The second-order valence-electron chi connectivity index (χ2n) is 13.5. The van der Waals surface area contributed by atoms with Crippen LogP contribution >= 0.6 is 23.4 Å². The number of anilines is 1. The van der Waals surface area contributed by atoms with Gasteiger partial charge in [0, 0.05) is 75.4 Å². The zero-order valence-corrected chi connectivity index (χ0v) is 28.6. The monoisotopic (exact) mass is 704 g/mol. The van der Waals surface area contributed by atoms with E-state index in [9.17, 15) is 24.0 Å². The molecule has 16 heteroatoms. The predicted molar refractivity (Wildman–Crippen MR) is 179 cm³/mol. The van der Waals surface area contributed by atoms with Crippen LogP contribution in [0.2, 0.25) is 0 Å². The summed E-state index contributed by atoms with van der Waals surface area (Å²) in [7, 11) is 5.79. The summed E-state index contributed by atoms with van der Waals surface area (Å²) in [6.45, 7) is 0.735. The van der Waals surface area contributed by atoms with Gasteiger partial charge in [-0.1, -0.05) is 59.8 Å². The molecule has 14 nitrogen and oxygen atoms in total. The highest BCUT2D eigenvalue weighted by Crippen LogP contribution is 2.69. The molecule has 10 rings (SSSR count). The van der Waals surface area contributed by atoms with E-state index >= 15 is 0 Å². The molecule has 254 valence electrons. The van der Waals surface area contributed by atoms with E-state index < -0.39 is 50.0 Å². The number of para-hydroxylation sites is 2. The van der Waals surface area contributed by atoms with E-state index in [1.165, 1.54) is 35.9 Å². The zero-order chi connectivity index (χ0) is 34.5. The molecule has 7 aliphatic rings. The number of alkyl halides is 1. The highest BCUT2D eigenvalue weighted by atomic mass is 35.5. The second-order valence-corrected chi connectivity index (χ2v) is 15.6. The van der Waals surface area contributed by atoms with E-state index in [2.05, 4.69) is 20.5 Å². The molecule has 0 radical (unpaired) electrons. The van der Waals surface area contributed by atoms with Crippen LogP contribution in [0.5, 0.6) is 0 Å². The lowest BCUT2D eigenvalue weighted by Crippen LogP contribution is -2.83. The number of aromatic nitrogens is 1. The van der Waals surface area contributed by atoms with Gasteiger partial charge in [0.2, 0.25) is 0 Å². The number of nitrogens with zero attached hydrogens (tertiary/aromatic N) is 5. The lowest BCUT2D eigenvalue weighted by Gasteiger charge is -2.55. The number of halogens is 1. The number of carbonyl (C=O) groups is 5. The van der Waals surface area contributed by atoms with E-state index in [4.69, 9.17) is 16.3 Å². The molecule has 4 amide bonds. The fourth-order valence-corrected chi connectivity index (χ4v) is 11.3. The number of benzene rings is 2. The topological polar surface area (TPSA) is 149 Å². The number of thioether (sulfide) groups is 1. The fraction of sp³-hybridized carbons (Fsp3) is 0.424. The Balaban J connectivity index is 1.24. The summed E-state index contributed by atoms with van der Waals surface area (Å²) in [6, 6.07) is 15.5. The Morgan fingerprint density at radius 3 is 2.41 bits per heavy atom. The summed E-state index contributed by atoms with van der Waals surface area (Å²) in [5.41, 5.74) is 0.841. The molecule has 2 aromatic carbocycles. The average Bonchev–Trinajstić information content (AvgIpc) is 3.84. The van der Waals surface area contributed by atoms with Crippen molar-refractivity contribution in [1.82, 2.24) is 34.8 Å². The molecule has 3 N–H and O–H groups in total. The van der Waals surface area contributed by atoms with Crippen molar-refractivity contribution in [3.8, 4) is 0 Å². The maximum absolute atomic E-state index is 14.5. The van der Waals surface area contributed by atoms with Crippen LogP contribution in [0.15, 0.2) is 54.7 Å². The van der Waals surface area contributed by atoms with Gasteiger partial charge in [0.25, 0.3) is 33.6 Å². The van der Waals surface area contributed by atoms with Crippen LogP contribution < -0.4 is 16.0 Å². The second kappa shape index (κ2) is 9.47. The minimum absolute atomic E-state index is 0.115. The fourth-order valence-electron chi connectivity index (χ4n) is 9.18. The highest BCUT2D eigenvalue weighted by molar-refractivity contribution is 8.05. The number of hydrogen-bond acceptors (Lipinski definition) is 10. The van der Waals surface area contributed by atoms with Gasteiger partial charge in [0.15, 0.2) is 10.5 Å². The van der Waals surface area contributed by atoms with Crippen molar-refractivity contribution in [1.29, 1.82) is 0 Å². The summed E-state index contributed by atoms with van der Waals surface area (Å²) in [6.07, 6.45) is 1.51. The molecule has 6 atom stereocenters. The van der Waals surface area contributed by atoms with Gasteiger partial charge < -0.3 is 29.3 Å². The van der Waals surface area contributed by atoms with E-state index in [-0.39, 0.29) is 24.7 Å². The van der Waals surface area contributed by atoms with Gasteiger partial charge in [-0.2, -0.15) is 0 Å². The molecule has 3 aromatic rings. The first-order valence-electron chi connectivity index (χ1n) is 16.0. The Morgan fingerprint density at radius 2 is 1.63 bits per heavy atom. The number of ether oxygens (including phenoxy) is 1. The summed E-state index contributed by atoms with van der Waals surface area (Å²) in [5.74, 6) is -2.47. The highest BCUT2D eigenvalue weighted by Gasteiger charge is 2.85. The van der Waals surface area contributed by atoms with Crippen molar-refractivity contribution < 1.29 is 28.7 Å². The number of piperazine rings is 2. The van der Waals surface area contributed by atoms with Gasteiger partial charge >= 0.3 is 5.97 Å². The molecule has 49 heavy (non-hydrogen) atoms. The van der Waals surface area contributed by atoms with Gasteiger partial charge in [-0.15, -0.1) is 0 Å². The van der Waals surface area contributed by atoms with E-state index in [1.807, 2.05) is 54.7 Å². The molecule has 1 spiro atoms. The summed E-state index contributed by atoms with van der Waals surface area (Å²) < 4.78 is 7.21. The van der Waals surface area contributed by atoms with Crippen molar-refractivity contribution in [2.24, 2.45) is 0 Å². The molecule has 6 saturated heterocycles. The number of carbonyl (C=O) groups excluding carboxylic acids is 5. The maximum Gasteiger partial charge on any atom is 0.352 e. The third-order valence-corrected chi connectivity index (χ3v) is 13.9. The Labute approximate surface area is 290 Å². The van der Waals surface area contributed by atoms with Gasteiger partial charge in [-0.3, -0.25) is 34.7 Å². The number of likely N-dealkylation sites (N-methyl/N-ethyl adjacent to an activating group) is 3. The molecule has 6 unspecified atom stereocenters. The Morgan fingerprint density at radius 1 is 0.918 bits per heavy atom. The number of esters is 1. The lowest BCUT2D eigenvalue weighted by molar-refractivity contribution is -0.176. The van der Waals surface area contributed by atoms with Crippen LogP contribution in [-0.4, -0.2) is 122 Å². The van der Waals surface area contributed by atoms with Crippen LogP contribution in [0.1, 0.15) is 17.5 Å². The number of amides is 4. The van der Waals surface area contributed by atoms with Gasteiger partial charge in [-0.05, 0) is 17.7 Å². The average molecular weight is 705 g/mol. The molecule has 7 aliphatic heterocycles. The first-order valence-corrected chi connectivity index (χ1v) is 17.2. The molecule has 0 saturated carbocycles. The lowest BCUT2D eigenvalue weighted by atomic mass is 9.86. The third kappa shape index (κ3) is 3.21. The number of methoxy groups -OCH3 is 1. The molecule has 1 aromatic heterocycles. The minimum atomic E-state index is -1.82. The third-order valence-electron chi connectivity index (χ3n) is 11.5.